The fourth-order valence-corrected chi connectivity index (χ4v) is 7.03. The summed E-state index contributed by atoms with van der Waals surface area (Å²) >= 11 is 0. The van der Waals surface area contributed by atoms with E-state index in [0.29, 0.717) is 48.7 Å². The van der Waals surface area contributed by atoms with Crippen LogP contribution in [0.2, 0.25) is 0 Å². The number of benzene rings is 2. The van der Waals surface area contributed by atoms with E-state index in [4.69, 9.17) is 0 Å². The lowest BCUT2D eigenvalue weighted by molar-refractivity contribution is -0.131. The summed E-state index contributed by atoms with van der Waals surface area (Å²) in [4.78, 5) is 55.3. The van der Waals surface area contributed by atoms with E-state index in [1.807, 2.05) is 24.3 Å². The molecule has 3 aromatic rings. The second-order valence-corrected chi connectivity index (χ2v) is 11.5. The molecular weight excluding hydrogens is 548 g/mol. The number of aryl methyl sites for hydroxylation is 2. The molecular formula is C31H34N8O4. The average molecular weight is 583 g/mol. The maximum atomic E-state index is 13.1. The third-order valence-electron chi connectivity index (χ3n) is 9.17. The van der Waals surface area contributed by atoms with Crippen LogP contribution in [0.5, 0.6) is 0 Å². The number of hydrogen-bond acceptors (Lipinski definition) is 7. The van der Waals surface area contributed by atoms with E-state index >= 15 is 0 Å². The zero-order chi connectivity index (χ0) is 30.3. The minimum absolute atomic E-state index is 0.0828. The Morgan fingerprint density at radius 1 is 1.02 bits per heavy atom. The van der Waals surface area contributed by atoms with Gasteiger partial charge in [0.2, 0.25) is 5.91 Å². The van der Waals surface area contributed by atoms with Gasteiger partial charge in [-0.2, -0.15) is 10.4 Å². The van der Waals surface area contributed by atoms with Crippen molar-refractivity contribution in [3.05, 3.63) is 86.1 Å². The summed E-state index contributed by atoms with van der Waals surface area (Å²) in [6.07, 6.45) is 3.31. The molecule has 1 saturated heterocycles. The highest BCUT2D eigenvalue weighted by Gasteiger charge is 2.54. The Balaban J connectivity index is 1.40. The number of H-pyrrole nitrogens is 2. The van der Waals surface area contributed by atoms with Crippen molar-refractivity contribution in [3.63, 3.8) is 0 Å². The minimum Gasteiger partial charge on any atom is -0.355 e. The van der Waals surface area contributed by atoms with Crippen LogP contribution in [-0.2, 0) is 23.1 Å². The van der Waals surface area contributed by atoms with Gasteiger partial charge in [0.05, 0.1) is 18.0 Å². The predicted octanol–water partition coefficient (Wildman–Crippen LogP) is 0.743. The fraction of sp³-hybridized carbons (Fsp3) is 0.419. The molecule has 43 heavy (non-hydrogen) atoms. The fourth-order valence-electron chi connectivity index (χ4n) is 7.03. The third-order valence-corrected chi connectivity index (χ3v) is 9.17. The number of piperidine rings is 1. The van der Waals surface area contributed by atoms with E-state index < -0.39 is 11.1 Å². The topological polar surface area (TPSA) is 176 Å². The number of hydrogen-bond donors (Lipinski definition) is 5. The predicted molar refractivity (Wildman–Crippen MR) is 156 cm³/mol. The first-order chi connectivity index (χ1) is 20.8. The largest absolute Gasteiger partial charge is 0.355 e. The Kier molecular flexibility index (Phi) is 7.35. The quantitative estimate of drug-likeness (QED) is 0.243. The monoisotopic (exact) mass is 582 g/mol. The summed E-state index contributed by atoms with van der Waals surface area (Å²) in [7, 11) is 3.17. The molecule has 2 aliphatic carbocycles. The van der Waals surface area contributed by atoms with Gasteiger partial charge in [0.15, 0.2) is 0 Å². The molecule has 3 aliphatic rings. The first-order valence-corrected chi connectivity index (χ1v) is 14.6. The van der Waals surface area contributed by atoms with Crippen molar-refractivity contribution in [1.82, 2.24) is 36.0 Å². The van der Waals surface area contributed by atoms with E-state index in [2.05, 4.69) is 37.2 Å². The molecule has 1 aromatic heterocycles. The average Bonchev–Trinajstić information content (AvgIpc) is 3.52. The molecule has 1 aliphatic heterocycles. The highest BCUT2D eigenvalue weighted by Crippen LogP contribution is 2.48. The van der Waals surface area contributed by atoms with Gasteiger partial charge < -0.3 is 20.9 Å². The lowest BCUT2D eigenvalue weighted by atomic mass is 9.69. The summed E-state index contributed by atoms with van der Waals surface area (Å²) in [6, 6.07) is 13.2. The SMILES string of the molecule is CNC(=O)c1ccc2c(c1)CCc1cc(C(=O)NC)ccc1C2(CCNCC(=O)N1[C@H](C#N)C[C@@H]2C[C@@H]21)c1n[nH]c(=O)[nH]1. The summed E-state index contributed by atoms with van der Waals surface area (Å²) < 4.78 is 0. The van der Waals surface area contributed by atoms with E-state index in [-0.39, 0.29) is 36.3 Å². The zero-order valence-corrected chi connectivity index (χ0v) is 24.1. The maximum Gasteiger partial charge on any atom is 0.340 e. The Morgan fingerprint density at radius 2 is 1.65 bits per heavy atom. The van der Waals surface area contributed by atoms with Crippen molar-refractivity contribution < 1.29 is 14.4 Å². The number of likely N-dealkylation sites (tertiary alicyclic amines) is 1. The molecule has 1 saturated carbocycles. The van der Waals surface area contributed by atoms with Gasteiger partial charge in [0.1, 0.15) is 11.9 Å². The number of nitrogens with one attached hydrogen (secondary N) is 5. The minimum atomic E-state index is -0.969. The summed E-state index contributed by atoms with van der Waals surface area (Å²) in [5, 5.41) is 25.1. The molecule has 6 rings (SSSR count). The van der Waals surface area contributed by atoms with Crippen molar-refractivity contribution >= 4 is 17.7 Å². The molecule has 0 bridgehead atoms. The second-order valence-electron chi connectivity index (χ2n) is 11.5. The van der Waals surface area contributed by atoms with Gasteiger partial charge in [0, 0.05) is 31.3 Å². The zero-order valence-electron chi connectivity index (χ0n) is 24.1. The van der Waals surface area contributed by atoms with Gasteiger partial charge in [-0.15, -0.1) is 0 Å². The van der Waals surface area contributed by atoms with Crippen LogP contribution < -0.4 is 21.6 Å². The van der Waals surface area contributed by atoms with Gasteiger partial charge in [-0.25, -0.2) is 9.89 Å². The smallest absolute Gasteiger partial charge is 0.340 e. The number of fused-ring (bicyclic) bond motifs is 3. The van der Waals surface area contributed by atoms with E-state index in [1.165, 1.54) is 0 Å². The lowest BCUT2D eigenvalue weighted by Gasteiger charge is -2.35. The van der Waals surface area contributed by atoms with Crippen molar-refractivity contribution in [1.29, 1.82) is 5.26 Å². The van der Waals surface area contributed by atoms with E-state index in [0.717, 1.165) is 35.1 Å². The summed E-state index contributed by atoms with van der Waals surface area (Å²) in [5.41, 5.74) is 3.22. The first-order valence-electron chi connectivity index (χ1n) is 14.6. The number of rotatable bonds is 8. The summed E-state index contributed by atoms with van der Waals surface area (Å²) in [6.45, 7) is 0.465. The van der Waals surface area contributed by atoms with Crippen molar-refractivity contribution in [2.75, 3.05) is 27.2 Å². The van der Waals surface area contributed by atoms with Crippen LogP contribution in [0.15, 0.2) is 41.2 Å². The number of carbonyl (C=O) groups excluding carboxylic acids is 3. The molecule has 3 atom stereocenters. The number of nitrogens with zero attached hydrogens (tertiary/aromatic N) is 3. The van der Waals surface area contributed by atoms with Crippen molar-refractivity contribution in [2.45, 2.75) is 49.6 Å². The number of amides is 3. The molecule has 0 radical (unpaired) electrons. The molecule has 0 unspecified atom stereocenters. The molecule has 12 heteroatoms. The first kappa shape index (κ1) is 28.4. The van der Waals surface area contributed by atoms with Crippen molar-refractivity contribution in [2.24, 2.45) is 5.92 Å². The molecule has 3 amide bonds. The molecule has 5 N–H and O–H groups in total. The highest BCUT2D eigenvalue weighted by molar-refractivity contribution is 5.95. The third kappa shape index (κ3) is 4.89. The molecule has 2 fully saturated rings. The van der Waals surface area contributed by atoms with E-state index in [9.17, 15) is 24.4 Å². The Labute approximate surface area is 248 Å². The van der Waals surface area contributed by atoms with Crippen LogP contribution in [0, 0.1) is 17.2 Å². The van der Waals surface area contributed by atoms with Crippen LogP contribution in [0.4, 0.5) is 0 Å². The summed E-state index contributed by atoms with van der Waals surface area (Å²) in [5.74, 6) is 0.333. The van der Waals surface area contributed by atoms with Crippen LogP contribution in [0.3, 0.4) is 0 Å². The normalized spacial score (nSPS) is 21.0. The van der Waals surface area contributed by atoms with Crippen LogP contribution >= 0.6 is 0 Å². The molecule has 0 spiro atoms. The van der Waals surface area contributed by atoms with Crippen molar-refractivity contribution in [3.8, 4) is 6.07 Å². The second kappa shape index (κ2) is 11.1. The number of aromatic amines is 2. The highest BCUT2D eigenvalue weighted by atomic mass is 16.2. The standard InChI is InChI=1S/C31H34N8O4/c1-33-27(41)19-5-7-23-17(11-19)3-4-18-12-20(28(42)34-2)6-8-24(18)31(23,29-36-30(43)38-37-29)9-10-35-16-26(40)39-22(15-32)13-21-14-25(21)39/h5-8,11-12,21-22,25,35H,3-4,9-10,13-14,16H2,1-2H3,(H,33,41)(H,34,42)(H2,36,37,38,43)/t21-,22+,25+/m1/s1. The maximum absolute atomic E-state index is 13.1. The van der Waals surface area contributed by atoms with Crippen LogP contribution in [0.25, 0.3) is 0 Å². The number of carbonyl (C=O) groups is 3. The molecule has 2 heterocycles. The molecule has 12 nitrogen and oxygen atoms in total. The van der Waals surface area contributed by atoms with E-state index in [1.54, 1.807) is 31.1 Å². The van der Waals surface area contributed by atoms with Crippen LogP contribution in [0.1, 0.15) is 68.1 Å². The number of aromatic nitrogens is 3. The van der Waals surface area contributed by atoms with Gasteiger partial charge >= 0.3 is 5.69 Å². The Bertz CT molecular complexity index is 1630. The van der Waals surface area contributed by atoms with Crippen LogP contribution in [-0.4, -0.2) is 77.1 Å². The van der Waals surface area contributed by atoms with Gasteiger partial charge in [-0.3, -0.25) is 19.4 Å². The molecule has 222 valence electrons. The van der Waals surface area contributed by atoms with Gasteiger partial charge in [-0.1, -0.05) is 12.1 Å². The lowest BCUT2D eigenvalue weighted by Crippen LogP contribution is -2.44. The Morgan fingerprint density at radius 3 is 2.19 bits per heavy atom. The molecule has 2 aromatic carbocycles. The van der Waals surface area contributed by atoms with Gasteiger partial charge in [0.25, 0.3) is 11.8 Å². The van der Waals surface area contributed by atoms with Gasteiger partial charge in [-0.05, 0) is 91.1 Å². The number of nitriles is 1. The Hall–Kier alpha value is -4.76.